The summed E-state index contributed by atoms with van der Waals surface area (Å²) in [6, 6.07) is 0.157. The van der Waals surface area contributed by atoms with Crippen LogP contribution in [0.3, 0.4) is 0 Å². The molecule has 0 aliphatic rings. The Morgan fingerprint density at radius 2 is 2.18 bits per heavy atom. The van der Waals surface area contributed by atoms with E-state index in [1.807, 2.05) is 13.8 Å². The molecule has 0 spiro atoms. The molecule has 5 nitrogen and oxygen atoms in total. The van der Waals surface area contributed by atoms with Crippen LogP contribution in [0.1, 0.15) is 13.8 Å². The van der Waals surface area contributed by atoms with Crippen molar-refractivity contribution in [1.29, 1.82) is 0 Å². The van der Waals surface area contributed by atoms with Crippen molar-refractivity contribution in [2.24, 2.45) is 10.7 Å². The van der Waals surface area contributed by atoms with Crippen LogP contribution in [0.2, 0.25) is 0 Å². The third-order valence-corrected chi connectivity index (χ3v) is 1.68. The van der Waals surface area contributed by atoms with Crippen LogP contribution in [-0.4, -0.2) is 45.5 Å². The molecule has 3 N–H and O–H groups in total. The maximum atomic E-state index is 5.66. The van der Waals surface area contributed by atoms with Crippen molar-refractivity contribution in [2.75, 3.05) is 33.5 Å². The third kappa shape index (κ3) is 13.6. The standard InChI is InChI=1S/C11H23N3O2.HI/c1-9(2)7-16-6-5-13-11(12)14-10(3)8-15-4;/h10H,1,5-8H2,2-4H3,(H3,12,13,14);1H. The van der Waals surface area contributed by atoms with Gasteiger partial charge < -0.3 is 20.5 Å². The van der Waals surface area contributed by atoms with E-state index in [0.717, 1.165) is 5.57 Å². The summed E-state index contributed by atoms with van der Waals surface area (Å²) in [6.07, 6.45) is 0. The van der Waals surface area contributed by atoms with Crippen molar-refractivity contribution in [1.82, 2.24) is 5.32 Å². The molecule has 1 atom stereocenters. The molecule has 0 saturated heterocycles. The zero-order chi connectivity index (χ0) is 12.4. The van der Waals surface area contributed by atoms with E-state index >= 15 is 0 Å². The summed E-state index contributed by atoms with van der Waals surface area (Å²) in [5.41, 5.74) is 6.66. The van der Waals surface area contributed by atoms with Gasteiger partial charge in [-0.25, -0.2) is 0 Å². The van der Waals surface area contributed by atoms with Gasteiger partial charge in [-0.05, 0) is 13.8 Å². The van der Waals surface area contributed by atoms with Crippen LogP contribution in [0.15, 0.2) is 17.1 Å². The van der Waals surface area contributed by atoms with Gasteiger partial charge in [-0.2, -0.15) is 0 Å². The van der Waals surface area contributed by atoms with E-state index < -0.39 is 0 Å². The Balaban J connectivity index is 0. The normalized spacial score (nSPS) is 12.8. The molecule has 0 rings (SSSR count). The summed E-state index contributed by atoms with van der Waals surface area (Å²) in [5, 5.41) is 3.01. The zero-order valence-electron chi connectivity index (χ0n) is 10.9. The van der Waals surface area contributed by atoms with Gasteiger partial charge in [0, 0.05) is 13.2 Å². The molecule has 6 heteroatoms. The van der Waals surface area contributed by atoms with Gasteiger partial charge in [0.25, 0.3) is 0 Å². The summed E-state index contributed by atoms with van der Waals surface area (Å²) < 4.78 is 10.2. The maximum Gasteiger partial charge on any atom is 0.188 e. The second-order valence-electron chi connectivity index (χ2n) is 3.78. The lowest BCUT2D eigenvalue weighted by molar-refractivity contribution is 0.164. The molecule has 0 bridgehead atoms. The molecule has 0 amide bonds. The van der Waals surface area contributed by atoms with Crippen LogP contribution in [0.25, 0.3) is 0 Å². The van der Waals surface area contributed by atoms with Gasteiger partial charge >= 0.3 is 0 Å². The highest BCUT2D eigenvalue weighted by atomic mass is 127. The van der Waals surface area contributed by atoms with E-state index in [1.165, 1.54) is 0 Å². The number of halogens is 1. The third-order valence-electron chi connectivity index (χ3n) is 1.68. The van der Waals surface area contributed by atoms with Crippen LogP contribution in [0.4, 0.5) is 0 Å². The summed E-state index contributed by atoms with van der Waals surface area (Å²) >= 11 is 0. The zero-order valence-corrected chi connectivity index (χ0v) is 13.2. The quantitative estimate of drug-likeness (QED) is 0.225. The predicted octanol–water partition coefficient (Wildman–Crippen LogP) is 1.14. The fraction of sp³-hybridized carbons (Fsp3) is 0.727. The molecule has 1 unspecified atom stereocenters. The Kier molecular flexibility index (Phi) is 13.6. The summed E-state index contributed by atoms with van der Waals surface area (Å²) in [7, 11) is 1.65. The average molecular weight is 357 g/mol. The number of nitrogens with one attached hydrogen (secondary N) is 1. The molecular weight excluding hydrogens is 333 g/mol. The Hall–Kier alpha value is -0.340. The van der Waals surface area contributed by atoms with Crippen molar-refractivity contribution < 1.29 is 9.47 Å². The van der Waals surface area contributed by atoms with Gasteiger partial charge in [-0.1, -0.05) is 12.2 Å². The Bertz CT molecular complexity index is 235. The Labute approximate surface area is 121 Å². The molecule has 0 radical (unpaired) electrons. The van der Waals surface area contributed by atoms with Crippen LogP contribution in [0, 0.1) is 0 Å². The highest BCUT2D eigenvalue weighted by molar-refractivity contribution is 14.0. The van der Waals surface area contributed by atoms with Crippen LogP contribution < -0.4 is 11.1 Å². The van der Waals surface area contributed by atoms with Gasteiger partial charge in [-0.3, -0.25) is 4.99 Å². The molecule has 17 heavy (non-hydrogen) atoms. The Morgan fingerprint density at radius 1 is 1.53 bits per heavy atom. The van der Waals surface area contributed by atoms with Gasteiger partial charge in [0.1, 0.15) is 0 Å². The minimum Gasteiger partial charge on any atom is -0.383 e. The predicted molar refractivity (Wildman–Crippen MR) is 82.0 cm³/mol. The van der Waals surface area contributed by atoms with Gasteiger partial charge in [0.2, 0.25) is 0 Å². The lowest BCUT2D eigenvalue weighted by atomic mass is 10.4. The molecule has 0 aromatic rings. The minimum atomic E-state index is 0. The topological polar surface area (TPSA) is 68.9 Å². The highest BCUT2D eigenvalue weighted by Crippen LogP contribution is 1.88. The number of rotatable bonds is 8. The molecule has 0 aliphatic carbocycles. The minimum absolute atomic E-state index is 0. The molecular formula is C11H24IN3O2. The van der Waals surface area contributed by atoms with Gasteiger partial charge in [-0.15, -0.1) is 24.0 Å². The number of hydrogen-bond donors (Lipinski definition) is 2. The molecule has 0 heterocycles. The smallest absolute Gasteiger partial charge is 0.188 e. The Morgan fingerprint density at radius 3 is 2.71 bits per heavy atom. The maximum absolute atomic E-state index is 5.66. The number of ether oxygens (including phenoxy) is 2. The second-order valence-corrected chi connectivity index (χ2v) is 3.78. The molecule has 0 fully saturated rings. The lowest BCUT2D eigenvalue weighted by Gasteiger charge is -2.12. The first-order valence-corrected chi connectivity index (χ1v) is 5.33. The highest BCUT2D eigenvalue weighted by Gasteiger charge is 2.00. The van der Waals surface area contributed by atoms with E-state index in [9.17, 15) is 0 Å². The lowest BCUT2D eigenvalue weighted by Crippen LogP contribution is -2.40. The van der Waals surface area contributed by atoms with E-state index in [4.69, 9.17) is 15.2 Å². The second kappa shape index (κ2) is 12.1. The SMILES string of the molecule is C=C(C)COCCN=C(N)NC(C)COC.I. The van der Waals surface area contributed by atoms with E-state index in [1.54, 1.807) is 7.11 Å². The number of nitrogens with two attached hydrogens (primary N) is 1. The number of guanidine groups is 1. The van der Waals surface area contributed by atoms with E-state index in [-0.39, 0.29) is 30.0 Å². The fourth-order valence-corrected chi connectivity index (χ4v) is 1.07. The summed E-state index contributed by atoms with van der Waals surface area (Å²) in [4.78, 5) is 4.12. The summed E-state index contributed by atoms with van der Waals surface area (Å²) in [5.74, 6) is 0.420. The van der Waals surface area contributed by atoms with Crippen LogP contribution in [-0.2, 0) is 9.47 Å². The molecule has 0 aromatic carbocycles. The van der Waals surface area contributed by atoms with E-state index in [2.05, 4.69) is 16.9 Å². The van der Waals surface area contributed by atoms with Crippen molar-refractivity contribution in [3.63, 3.8) is 0 Å². The number of hydrogen-bond acceptors (Lipinski definition) is 3. The number of aliphatic imine (C=N–C) groups is 1. The van der Waals surface area contributed by atoms with Crippen LogP contribution in [0.5, 0.6) is 0 Å². The van der Waals surface area contributed by atoms with Crippen molar-refractivity contribution >= 4 is 29.9 Å². The average Bonchev–Trinajstić information content (AvgIpc) is 2.16. The van der Waals surface area contributed by atoms with Gasteiger partial charge in [0.15, 0.2) is 5.96 Å². The monoisotopic (exact) mass is 357 g/mol. The van der Waals surface area contributed by atoms with Gasteiger partial charge in [0.05, 0.1) is 26.4 Å². The molecule has 0 saturated carbocycles. The van der Waals surface area contributed by atoms with Crippen molar-refractivity contribution in [3.8, 4) is 0 Å². The van der Waals surface area contributed by atoms with E-state index in [0.29, 0.717) is 32.3 Å². The summed E-state index contributed by atoms with van der Waals surface area (Å²) in [6.45, 7) is 9.90. The first-order chi connectivity index (χ1) is 7.56. The van der Waals surface area contributed by atoms with Crippen LogP contribution >= 0.6 is 24.0 Å². The molecule has 0 aliphatic heterocycles. The largest absolute Gasteiger partial charge is 0.383 e. The van der Waals surface area contributed by atoms with Crippen molar-refractivity contribution in [3.05, 3.63) is 12.2 Å². The first kappa shape index (κ1) is 19.0. The number of methoxy groups -OCH3 is 1. The van der Waals surface area contributed by atoms with Crippen molar-refractivity contribution in [2.45, 2.75) is 19.9 Å². The molecule has 0 aromatic heterocycles. The first-order valence-electron chi connectivity index (χ1n) is 5.33. The fourth-order valence-electron chi connectivity index (χ4n) is 1.07. The number of nitrogens with zero attached hydrogens (tertiary/aromatic N) is 1. The molecule has 102 valence electrons.